The van der Waals surface area contributed by atoms with E-state index in [4.69, 9.17) is 0 Å². The highest BCUT2D eigenvalue weighted by Crippen LogP contribution is 2.27. The second-order valence-corrected chi connectivity index (χ2v) is 7.62. The van der Waals surface area contributed by atoms with Crippen LogP contribution in [0.1, 0.15) is 31.4 Å². The topological polar surface area (TPSA) is 72.3 Å². The third kappa shape index (κ3) is 3.58. The summed E-state index contributed by atoms with van der Waals surface area (Å²) in [6.07, 6.45) is 1.55. The molecule has 8 heteroatoms. The van der Waals surface area contributed by atoms with E-state index in [0.29, 0.717) is 24.2 Å². The number of carbonyl (C=O) groups is 1. The van der Waals surface area contributed by atoms with E-state index in [1.54, 1.807) is 39.0 Å². The normalized spacial score (nSPS) is 11.6. The maximum atomic E-state index is 14.3. The lowest BCUT2D eigenvalue weighted by Crippen LogP contribution is -2.35. The lowest BCUT2D eigenvalue weighted by atomic mass is 10.2. The molecule has 0 aliphatic carbocycles. The summed E-state index contributed by atoms with van der Waals surface area (Å²) in [6.45, 7) is 7.89. The van der Waals surface area contributed by atoms with E-state index in [0.717, 1.165) is 17.3 Å². The fourth-order valence-electron chi connectivity index (χ4n) is 2.74. The van der Waals surface area contributed by atoms with E-state index in [9.17, 15) is 17.6 Å². The van der Waals surface area contributed by atoms with Gasteiger partial charge in [-0.1, -0.05) is 25.1 Å². The van der Waals surface area contributed by atoms with E-state index in [2.05, 4.69) is 5.10 Å². The van der Waals surface area contributed by atoms with Gasteiger partial charge in [0.25, 0.3) is 0 Å². The Balaban J connectivity index is 2.51. The zero-order chi connectivity index (χ0) is 18.8. The number of aromatic nitrogens is 2. The van der Waals surface area contributed by atoms with Gasteiger partial charge >= 0.3 is 6.03 Å². The Morgan fingerprint density at radius 2 is 1.84 bits per heavy atom. The van der Waals surface area contributed by atoms with Crippen molar-refractivity contribution < 1.29 is 17.6 Å². The molecule has 1 aromatic heterocycles. The van der Waals surface area contributed by atoms with Gasteiger partial charge in [-0.25, -0.2) is 17.6 Å². The van der Waals surface area contributed by atoms with Crippen LogP contribution >= 0.6 is 0 Å². The number of amides is 1. The highest BCUT2D eigenvalue weighted by Gasteiger charge is 2.30. The van der Waals surface area contributed by atoms with Gasteiger partial charge in [-0.2, -0.15) is 4.68 Å². The molecule has 2 aromatic rings. The molecule has 6 nitrogen and oxygen atoms in total. The minimum atomic E-state index is -4.17. The molecular weight excluding hydrogens is 345 g/mol. The summed E-state index contributed by atoms with van der Waals surface area (Å²) in [7, 11) is -4.17. The minimum absolute atomic E-state index is 0.0208. The van der Waals surface area contributed by atoms with Crippen LogP contribution in [0.2, 0.25) is 0 Å². The zero-order valence-corrected chi connectivity index (χ0v) is 15.6. The SMILES string of the molecule is CCCN(CC)C(=O)n1cc(F)c(S(=O)(=O)c2c(C)cccc2C)n1. The number of nitrogens with zero attached hydrogens (tertiary/aromatic N) is 3. The van der Waals surface area contributed by atoms with E-state index in [1.807, 2.05) is 6.92 Å². The maximum absolute atomic E-state index is 14.3. The van der Waals surface area contributed by atoms with Crippen LogP contribution in [0.3, 0.4) is 0 Å². The first-order valence-corrected chi connectivity index (χ1v) is 9.58. The van der Waals surface area contributed by atoms with Gasteiger partial charge in [-0.15, -0.1) is 5.10 Å². The van der Waals surface area contributed by atoms with Crippen LogP contribution in [0, 0.1) is 19.7 Å². The molecule has 0 spiro atoms. The second-order valence-electron chi connectivity index (χ2n) is 5.81. The average Bonchev–Trinajstić information content (AvgIpc) is 2.94. The molecule has 0 N–H and O–H groups in total. The smallest absolute Gasteiger partial charge is 0.323 e. The summed E-state index contributed by atoms with van der Waals surface area (Å²) in [5.74, 6) is -1.04. The number of aryl methyl sites for hydroxylation is 2. The molecule has 0 saturated heterocycles. The number of benzene rings is 1. The summed E-state index contributed by atoms with van der Waals surface area (Å²) in [5.41, 5.74) is 1.00. The van der Waals surface area contributed by atoms with E-state index in [-0.39, 0.29) is 4.90 Å². The van der Waals surface area contributed by atoms with E-state index < -0.39 is 26.7 Å². The molecule has 0 fully saturated rings. The predicted octanol–water partition coefficient (Wildman–Crippen LogP) is 3.17. The Morgan fingerprint density at radius 1 is 1.24 bits per heavy atom. The largest absolute Gasteiger partial charge is 0.344 e. The summed E-state index contributed by atoms with van der Waals surface area (Å²) >= 11 is 0. The number of rotatable bonds is 5. The van der Waals surface area contributed by atoms with Gasteiger partial charge in [-0.3, -0.25) is 0 Å². The lowest BCUT2D eigenvalue weighted by molar-refractivity contribution is 0.198. The summed E-state index contributed by atoms with van der Waals surface area (Å²) in [6, 6.07) is 4.46. The third-order valence-electron chi connectivity index (χ3n) is 3.91. The van der Waals surface area contributed by atoms with Crippen molar-refractivity contribution in [3.8, 4) is 0 Å². The van der Waals surface area contributed by atoms with Crippen LogP contribution in [-0.4, -0.2) is 42.2 Å². The molecule has 1 amide bonds. The van der Waals surface area contributed by atoms with Crippen molar-refractivity contribution in [2.24, 2.45) is 0 Å². The third-order valence-corrected chi connectivity index (χ3v) is 5.88. The second kappa shape index (κ2) is 7.35. The summed E-state index contributed by atoms with van der Waals surface area (Å²) < 4.78 is 40.8. The van der Waals surface area contributed by atoms with Gasteiger partial charge in [0, 0.05) is 13.1 Å². The van der Waals surface area contributed by atoms with Crippen LogP contribution < -0.4 is 0 Å². The molecule has 0 atom stereocenters. The van der Waals surface area contributed by atoms with Crippen molar-refractivity contribution in [2.75, 3.05) is 13.1 Å². The van der Waals surface area contributed by atoms with Crippen LogP contribution in [-0.2, 0) is 9.84 Å². The van der Waals surface area contributed by atoms with Crippen molar-refractivity contribution in [1.29, 1.82) is 0 Å². The molecule has 0 aliphatic rings. The molecule has 136 valence electrons. The highest BCUT2D eigenvalue weighted by molar-refractivity contribution is 7.91. The molecule has 1 heterocycles. The monoisotopic (exact) mass is 367 g/mol. The molecule has 0 radical (unpaired) electrons. The van der Waals surface area contributed by atoms with E-state index >= 15 is 0 Å². The molecular formula is C17H22FN3O3S. The first-order valence-electron chi connectivity index (χ1n) is 8.09. The van der Waals surface area contributed by atoms with Gasteiger partial charge in [0.05, 0.1) is 11.1 Å². The first-order chi connectivity index (χ1) is 11.7. The molecule has 0 aliphatic heterocycles. The quantitative estimate of drug-likeness (QED) is 0.814. The van der Waals surface area contributed by atoms with Gasteiger partial charge in [0.1, 0.15) is 0 Å². The van der Waals surface area contributed by atoms with Crippen LogP contribution in [0.25, 0.3) is 0 Å². The number of sulfone groups is 1. The first kappa shape index (κ1) is 19.1. The lowest BCUT2D eigenvalue weighted by Gasteiger charge is -2.19. The van der Waals surface area contributed by atoms with Crippen molar-refractivity contribution >= 4 is 15.9 Å². The number of halogens is 1. The van der Waals surface area contributed by atoms with E-state index in [1.165, 1.54) is 4.90 Å². The van der Waals surface area contributed by atoms with Crippen molar-refractivity contribution in [3.05, 3.63) is 41.3 Å². The van der Waals surface area contributed by atoms with Crippen LogP contribution in [0.4, 0.5) is 9.18 Å². The molecule has 0 bridgehead atoms. The van der Waals surface area contributed by atoms with Gasteiger partial charge < -0.3 is 4.90 Å². The fourth-order valence-corrected chi connectivity index (χ4v) is 4.42. The Hall–Kier alpha value is -2.22. The van der Waals surface area contributed by atoms with Crippen LogP contribution in [0.15, 0.2) is 34.3 Å². The molecule has 0 saturated carbocycles. The molecule has 1 aromatic carbocycles. The fraction of sp³-hybridized carbons (Fsp3) is 0.412. The number of hydrogen-bond donors (Lipinski definition) is 0. The Kier molecular flexibility index (Phi) is 5.62. The van der Waals surface area contributed by atoms with Crippen molar-refractivity contribution in [1.82, 2.24) is 14.7 Å². The Labute approximate surface area is 147 Å². The zero-order valence-electron chi connectivity index (χ0n) is 14.8. The highest BCUT2D eigenvalue weighted by atomic mass is 32.2. The molecule has 25 heavy (non-hydrogen) atoms. The Morgan fingerprint density at radius 3 is 2.36 bits per heavy atom. The molecule has 2 rings (SSSR count). The Bertz CT molecular complexity index is 870. The molecule has 0 unspecified atom stereocenters. The summed E-state index contributed by atoms with van der Waals surface area (Å²) in [5, 5.41) is 3.02. The minimum Gasteiger partial charge on any atom is -0.323 e. The van der Waals surface area contributed by atoms with Gasteiger partial charge in [0.2, 0.25) is 14.9 Å². The van der Waals surface area contributed by atoms with Gasteiger partial charge in [-0.05, 0) is 38.3 Å². The average molecular weight is 367 g/mol. The maximum Gasteiger partial charge on any atom is 0.344 e. The predicted molar refractivity (Wildman–Crippen MR) is 91.9 cm³/mol. The standard InChI is InChI=1S/C17H22FN3O3S/c1-5-10-20(6-2)17(22)21-11-14(18)16(19-21)25(23,24)15-12(3)8-7-9-13(15)4/h7-9,11H,5-6,10H2,1-4H3. The van der Waals surface area contributed by atoms with Crippen LogP contribution in [0.5, 0.6) is 0 Å². The summed E-state index contributed by atoms with van der Waals surface area (Å²) in [4.78, 5) is 13.9. The number of carbonyl (C=O) groups excluding carboxylic acids is 1. The number of hydrogen-bond acceptors (Lipinski definition) is 4. The van der Waals surface area contributed by atoms with Gasteiger partial charge in [0.15, 0.2) is 5.82 Å². The van der Waals surface area contributed by atoms with Crippen molar-refractivity contribution in [3.63, 3.8) is 0 Å². The van der Waals surface area contributed by atoms with Crippen molar-refractivity contribution in [2.45, 2.75) is 44.0 Å².